The van der Waals surface area contributed by atoms with Crippen LogP contribution in [0.5, 0.6) is 0 Å². The third kappa shape index (κ3) is 2.88. The van der Waals surface area contributed by atoms with Crippen LogP contribution in [0.4, 0.5) is 0 Å². The van der Waals surface area contributed by atoms with Gasteiger partial charge in [0.2, 0.25) is 0 Å². The molecule has 2 rings (SSSR count). The van der Waals surface area contributed by atoms with Gasteiger partial charge < -0.3 is 10.2 Å². The summed E-state index contributed by atoms with van der Waals surface area (Å²) >= 11 is 0. The van der Waals surface area contributed by atoms with E-state index in [1.807, 2.05) is 24.3 Å². The van der Waals surface area contributed by atoms with E-state index in [0.717, 1.165) is 35.4 Å². The molecule has 1 aromatic carbocycles. The lowest BCUT2D eigenvalue weighted by Gasteiger charge is -2.24. The molecule has 1 heterocycles. The van der Waals surface area contributed by atoms with Crippen molar-refractivity contribution in [1.29, 1.82) is 0 Å². The molecule has 3 nitrogen and oxygen atoms in total. The van der Waals surface area contributed by atoms with Gasteiger partial charge >= 0.3 is 0 Å². The van der Waals surface area contributed by atoms with E-state index < -0.39 is 0 Å². The molecule has 0 aliphatic heterocycles. The summed E-state index contributed by atoms with van der Waals surface area (Å²) in [5.41, 5.74) is 7.92. The van der Waals surface area contributed by atoms with E-state index in [1.54, 1.807) is 0 Å². The summed E-state index contributed by atoms with van der Waals surface area (Å²) in [6.45, 7) is 10.3. The van der Waals surface area contributed by atoms with Crippen molar-refractivity contribution < 1.29 is 4.42 Å². The van der Waals surface area contributed by atoms with Crippen molar-refractivity contribution in [2.75, 3.05) is 6.54 Å². The molecule has 0 saturated carbocycles. The Kier molecular flexibility index (Phi) is 4.40. The summed E-state index contributed by atoms with van der Waals surface area (Å²) < 4.78 is 5.96. The van der Waals surface area contributed by atoms with Crippen molar-refractivity contribution in [3.05, 3.63) is 48.2 Å². The number of fused-ring (bicyclic) bond motifs is 1. The lowest BCUT2D eigenvalue weighted by molar-refractivity contribution is 0.219. The van der Waals surface area contributed by atoms with Gasteiger partial charge in [-0.2, -0.15) is 0 Å². The SMILES string of the molecule is C=CCN(Cc1oc2ccccc2c1CN)C(C)C. The Bertz CT molecular complexity index is 557. The first kappa shape index (κ1) is 13.8. The van der Waals surface area contributed by atoms with Gasteiger partial charge in [-0.1, -0.05) is 24.3 Å². The molecule has 0 amide bonds. The molecule has 1 aromatic heterocycles. The molecule has 0 atom stereocenters. The molecule has 0 unspecified atom stereocenters. The van der Waals surface area contributed by atoms with Crippen molar-refractivity contribution in [3.63, 3.8) is 0 Å². The van der Waals surface area contributed by atoms with Gasteiger partial charge in [0.15, 0.2) is 0 Å². The molecule has 0 radical (unpaired) electrons. The van der Waals surface area contributed by atoms with Crippen molar-refractivity contribution >= 4 is 11.0 Å². The number of nitrogens with zero attached hydrogens (tertiary/aromatic N) is 1. The van der Waals surface area contributed by atoms with Crippen molar-refractivity contribution in [3.8, 4) is 0 Å². The summed E-state index contributed by atoms with van der Waals surface area (Å²) in [6, 6.07) is 8.50. The highest BCUT2D eigenvalue weighted by Gasteiger charge is 2.16. The Morgan fingerprint density at radius 2 is 2.11 bits per heavy atom. The van der Waals surface area contributed by atoms with Crippen LogP contribution in [-0.2, 0) is 13.1 Å². The number of rotatable bonds is 6. The summed E-state index contributed by atoms with van der Waals surface area (Å²) in [7, 11) is 0. The highest BCUT2D eigenvalue weighted by molar-refractivity contribution is 5.82. The van der Waals surface area contributed by atoms with E-state index in [2.05, 4.69) is 31.4 Å². The molecule has 3 heteroatoms. The molecule has 0 bridgehead atoms. The van der Waals surface area contributed by atoms with Gasteiger partial charge in [0.1, 0.15) is 11.3 Å². The second-order valence-corrected chi connectivity index (χ2v) is 5.02. The summed E-state index contributed by atoms with van der Waals surface area (Å²) in [5, 5.41) is 1.13. The predicted octanol–water partition coefficient (Wildman–Crippen LogP) is 3.29. The van der Waals surface area contributed by atoms with Gasteiger partial charge in [-0.05, 0) is 19.9 Å². The van der Waals surface area contributed by atoms with Crippen LogP contribution in [-0.4, -0.2) is 17.5 Å². The van der Waals surface area contributed by atoms with E-state index in [1.165, 1.54) is 0 Å². The average Bonchev–Trinajstić information content (AvgIpc) is 2.75. The van der Waals surface area contributed by atoms with Crippen LogP contribution in [0.25, 0.3) is 11.0 Å². The van der Waals surface area contributed by atoms with E-state index >= 15 is 0 Å². The number of hydrogen-bond donors (Lipinski definition) is 1. The third-order valence-electron chi connectivity index (χ3n) is 3.43. The predicted molar refractivity (Wildman–Crippen MR) is 79.8 cm³/mol. The van der Waals surface area contributed by atoms with E-state index in [0.29, 0.717) is 12.6 Å². The zero-order chi connectivity index (χ0) is 13.8. The molecule has 0 aliphatic carbocycles. The van der Waals surface area contributed by atoms with Crippen LogP contribution in [0, 0.1) is 0 Å². The lowest BCUT2D eigenvalue weighted by atomic mass is 10.1. The molecule has 2 N–H and O–H groups in total. The van der Waals surface area contributed by atoms with Crippen LogP contribution >= 0.6 is 0 Å². The quantitative estimate of drug-likeness (QED) is 0.808. The van der Waals surface area contributed by atoms with Crippen LogP contribution in [0.15, 0.2) is 41.3 Å². The summed E-state index contributed by atoms with van der Waals surface area (Å²) in [5.74, 6) is 0.972. The average molecular weight is 258 g/mol. The van der Waals surface area contributed by atoms with Crippen molar-refractivity contribution in [2.24, 2.45) is 5.73 Å². The van der Waals surface area contributed by atoms with Crippen molar-refractivity contribution in [2.45, 2.75) is 33.0 Å². The van der Waals surface area contributed by atoms with Crippen molar-refractivity contribution in [1.82, 2.24) is 4.90 Å². The largest absolute Gasteiger partial charge is 0.459 e. The number of hydrogen-bond acceptors (Lipinski definition) is 3. The van der Waals surface area contributed by atoms with Gasteiger partial charge in [0, 0.05) is 30.1 Å². The Labute approximate surface area is 114 Å². The van der Waals surface area contributed by atoms with Gasteiger partial charge in [-0.25, -0.2) is 0 Å². The molecular formula is C16H22N2O. The molecule has 0 spiro atoms. The van der Waals surface area contributed by atoms with Gasteiger partial charge in [-0.15, -0.1) is 6.58 Å². The molecule has 0 saturated heterocycles. The number of nitrogens with two attached hydrogens (primary N) is 1. The molecule has 0 aliphatic rings. The maximum absolute atomic E-state index is 5.96. The maximum atomic E-state index is 5.96. The zero-order valence-electron chi connectivity index (χ0n) is 11.7. The Morgan fingerprint density at radius 1 is 1.37 bits per heavy atom. The maximum Gasteiger partial charge on any atom is 0.134 e. The molecule has 102 valence electrons. The first-order chi connectivity index (χ1) is 9.17. The molecule has 19 heavy (non-hydrogen) atoms. The molecular weight excluding hydrogens is 236 g/mol. The highest BCUT2D eigenvalue weighted by Crippen LogP contribution is 2.26. The van der Waals surface area contributed by atoms with E-state index in [9.17, 15) is 0 Å². The molecule has 0 fully saturated rings. The fraction of sp³-hybridized carbons (Fsp3) is 0.375. The number of para-hydroxylation sites is 1. The Balaban J connectivity index is 2.35. The second kappa shape index (κ2) is 6.04. The van der Waals surface area contributed by atoms with Crippen LogP contribution in [0.1, 0.15) is 25.2 Å². The van der Waals surface area contributed by atoms with Crippen LogP contribution in [0.2, 0.25) is 0 Å². The third-order valence-corrected chi connectivity index (χ3v) is 3.43. The molecule has 2 aromatic rings. The standard InChI is InChI=1S/C16H22N2O/c1-4-9-18(12(2)3)11-16-14(10-17)13-7-5-6-8-15(13)19-16/h4-8,12H,1,9-11,17H2,2-3H3. The van der Waals surface area contributed by atoms with E-state index in [4.69, 9.17) is 10.2 Å². The minimum atomic E-state index is 0.442. The van der Waals surface area contributed by atoms with Gasteiger partial charge in [0.25, 0.3) is 0 Å². The van der Waals surface area contributed by atoms with Gasteiger partial charge in [0.05, 0.1) is 6.54 Å². The Morgan fingerprint density at radius 3 is 2.74 bits per heavy atom. The second-order valence-electron chi connectivity index (χ2n) is 5.02. The van der Waals surface area contributed by atoms with Crippen LogP contribution in [0.3, 0.4) is 0 Å². The highest BCUT2D eigenvalue weighted by atomic mass is 16.3. The minimum Gasteiger partial charge on any atom is -0.459 e. The monoisotopic (exact) mass is 258 g/mol. The first-order valence-electron chi connectivity index (χ1n) is 6.71. The minimum absolute atomic E-state index is 0.442. The zero-order valence-corrected chi connectivity index (χ0v) is 11.7. The lowest BCUT2D eigenvalue weighted by Crippen LogP contribution is -2.30. The normalized spacial score (nSPS) is 11.6. The van der Waals surface area contributed by atoms with E-state index in [-0.39, 0.29) is 0 Å². The fourth-order valence-corrected chi connectivity index (χ4v) is 2.31. The topological polar surface area (TPSA) is 42.4 Å². The first-order valence-corrected chi connectivity index (χ1v) is 6.71. The smallest absolute Gasteiger partial charge is 0.134 e. The number of benzene rings is 1. The van der Waals surface area contributed by atoms with Crippen LogP contribution < -0.4 is 5.73 Å². The van der Waals surface area contributed by atoms with Gasteiger partial charge in [-0.3, -0.25) is 4.90 Å². The summed E-state index contributed by atoms with van der Waals surface area (Å²) in [4.78, 5) is 2.31. The Hall–Kier alpha value is -1.58. The summed E-state index contributed by atoms with van der Waals surface area (Å²) in [6.07, 6.45) is 1.92. The fourth-order valence-electron chi connectivity index (χ4n) is 2.31. The number of furan rings is 1.